The van der Waals surface area contributed by atoms with Crippen LogP contribution in [0.25, 0.3) is 16.5 Å². The third-order valence-corrected chi connectivity index (χ3v) is 6.33. The second-order valence-corrected chi connectivity index (χ2v) is 8.84. The number of fused-ring (bicyclic) bond motifs is 1. The number of amides is 1. The fourth-order valence-corrected chi connectivity index (χ4v) is 4.65. The zero-order valence-electron chi connectivity index (χ0n) is 21.0. The number of nitrogens with zero attached hydrogens (tertiary/aromatic N) is 2. The number of benzene rings is 2. The number of hydrogen-bond acceptors (Lipinski definition) is 8. The molecule has 4 rings (SSSR count). The summed E-state index contributed by atoms with van der Waals surface area (Å²) >= 11 is 1.13. The zero-order chi connectivity index (χ0) is 26.5. The van der Waals surface area contributed by atoms with Gasteiger partial charge in [0, 0.05) is 16.3 Å². The molecule has 0 aliphatic heterocycles. The van der Waals surface area contributed by atoms with Crippen molar-refractivity contribution in [2.75, 3.05) is 25.1 Å². The Morgan fingerprint density at radius 3 is 2.35 bits per heavy atom. The van der Waals surface area contributed by atoms with Crippen LogP contribution in [0.4, 0.5) is 5.00 Å². The highest BCUT2D eigenvalue weighted by atomic mass is 32.1. The van der Waals surface area contributed by atoms with E-state index in [-0.39, 0.29) is 17.7 Å². The summed E-state index contributed by atoms with van der Waals surface area (Å²) in [7, 11) is 0. The number of rotatable bonds is 9. The number of thiophene rings is 1. The van der Waals surface area contributed by atoms with Crippen molar-refractivity contribution in [3.63, 3.8) is 0 Å². The van der Waals surface area contributed by atoms with Crippen molar-refractivity contribution in [2.24, 2.45) is 0 Å². The lowest BCUT2D eigenvalue weighted by Gasteiger charge is -2.12. The van der Waals surface area contributed by atoms with Crippen LogP contribution in [-0.2, 0) is 4.74 Å². The summed E-state index contributed by atoms with van der Waals surface area (Å²) in [5.74, 6) is -0.113. The van der Waals surface area contributed by atoms with Crippen molar-refractivity contribution >= 4 is 39.0 Å². The third-order valence-electron chi connectivity index (χ3n) is 5.43. The monoisotopic (exact) mass is 521 g/mol. The quantitative estimate of drug-likeness (QED) is 0.309. The van der Waals surface area contributed by atoms with E-state index in [0.29, 0.717) is 46.4 Å². The Bertz CT molecular complexity index is 1510. The van der Waals surface area contributed by atoms with Gasteiger partial charge in [-0.3, -0.25) is 9.59 Å². The second kappa shape index (κ2) is 11.3. The molecule has 0 unspecified atom stereocenters. The summed E-state index contributed by atoms with van der Waals surface area (Å²) in [5, 5.41) is 9.55. The maximum absolute atomic E-state index is 13.6. The van der Waals surface area contributed by atoms with Gasteiger partial charge in [0.15, 0.2) is 17.2 Å². The minimum atomic E-state index is -0.656. The lowest BCUT2D eigenvalue weighted by Crippen LogP contribution is -2.25. The van der Waals surface area contributed by atoms with E-state index in [1.807, 2.05) is 32.9 Å². The molecule has 37 heavy (non-hydrogen) atoms. The van der Waals surface area contributed by atoms with Gasteiger partial charge in [0.1, 0.15) is 5.00 Å². The normalized spacial score (nSPS) is 10.8. The molecule has 1 N–H and O–H groups in total. The van der Waals surface area contributed by atoms with Gasteiger partial charge < -0.3 is 19.5 Å². The first kappa shape index (κ1) is 25.9. The highest BCUT2D eigenvalue weighted by Crippen LogP contribution is 2.32. The van der Waals surface area contributed by atoms with E-state index in [0.717, 1.165) is 21.6 Å². The predicted molar refractivity (Wildman–Crippen MR) is 143 cm³/mol. The molecule has 9 nitrogen and oxygen atoms in total. The Balaban J connectivity index is 1.80. The van der Waals surface area contributed by atoms with Gasteiger partial charge in [-0.25, -0.2) is 4.79 Å². The van der Waals surface area contributed by atoms with Gasteiger partial charge in [0.2, 0.25) is 0 Å². The van der Waals surface area contributed by atoms with Crippen LogP contribution in [0.2, 0.25) is 0 Å². The van der Waals surface area contributed by atoms with Crippen LogP contribution in [0.15, 0.2) is 52.6 Å². The minimum Gasteiger partial charge on any atom is -0.490 e. The average Bonchev–Trinajstić information content (AvgIpc) is 3.30. The summed E-state index contributed by atoms with van der Waals surface area (Å²) in [4.78, 5) is 39.5. The standard InChI is InChI=1S/C27H27N3O6S/c1-5-34-20-13-10-17(14-21(20)35-6-2)24(31)28-25-22-19(15-37-25)23(27(33)36-7-3)29-30(26(22)32)18-11-8-16(4)9-12-18/h8-15H,5-7H2,1-4H3,(H,28,31). The minimum absolute atomic E-state index is 0.00604. The maximum Gasteiger partial charge on any atom is 0.359 e. The van der Waals surface area contributed by atoms with E-state index >= 15 is 0 Å². The first-order valence-electron chi connectivity index (χ1n) is 11.9. The molecule has 0 saturated carbocycles. The molecule has 0 aliphatic carbocycles. The van der Waals surface area contributed by atoms with Crippen molar-refractivity contribution in [3.05, 3.63) is 75.0 Å². The van der Waals surface area contributed by atoms with Crippen molar-refractivity contribution in [3.8, 4) is 17.2 Å². The Kier molecular flexibility index (Phi) is 7.88. The van der Waals surface area contributed by atoms with E-state index in [9.17, 15) is 14.4 Å². The predicted octanol–water partition coefficient (Wildman–Crippen LogP) is 4.98. The lowest BCUT2D eigenvalue weighted by molar-refractivity contribution is 0.0520. The molecule has 0 saturated heterocycles. The van der Waals surface area contributed by atoms with Crippen molar-refractivity contribution < 1.29 is 23.8 Å². The van der Waals surface area contributed by atoms with E-state index in [1.54, 1.807) is 42.6 Å². The summed E-state index contributed by atoms with van der Waals surface area (Å²) < 4.78 is 17.5. The van der Waals surface area contributed by atoms with Crippen LogP contribution >= 0.6 is 11.3 Å². The average molecular weight is 522 g/mol. The molecular weight excluding hydrogens is 494 g/mol. The van der Waals surface area contributed by atoms with Gasteiger partial charge in [-0.05, 0) is 58.0 Å². The fourth-order valence-electron chi connectivity index (χ4n) is 3.72. The first-order chi connectivity index (χ1) is 17.9. The van der Waals surface area contributed by atoms with Crippen molar-refractivity contribution in [2.45, 2.75) is 27.7 Å². The SMILES string of the molecule is CCOC(=O)c1nn(-c2ccc(C)cc2)c(=O)c2c(NC(=O)c3ccc(OCC)c(OCC)c3)scc12. The van der Waals surface area contributed by atoms with Gasteiger partial charge in [-0.1, -0.05) is 17.7 Å². The van der Waals surface area contributed by atoms with Crippen LogP contribution in [0.5, 0.6) is 11.5 Å². The number of aromatic nitrogens is 2. The van der Waals surface area contributed by atoms with Crippen molar-refractivity contribution in [1.82, 2.24) is 9.78 Å². The van der Waals surface area contributed by atoms with Crippen LogP contribution in [0.3, 0.4) is 0 Å². The molecule has 10 heteroatoms. The number of nitrogens with one attached hydrogen (secondary N) is 1. The Hall–Kier alpha value is -4.18. The molecule has 2 aromatic heterocycles. The van der Waals surface area contributed by atoms with E-state index in [4.69, 9.17) is 14.2 Å². The zero-order valence-corrected chi connectivity index (χ0v) is 21.8. The van der Waals surface area contributed by atoms with E-state index in [1.165, 1.54) is 0 Å². The summed E-state index contributed by atoms with van der Waals surface area (Å²) in [6.45, 7) is 8.34. The maximum atomic E-state index is 13.6. The number of aryl methyl sites for hydroxylation is 1. The Labute approximate surface area is 217 Å². The lowest BCUT2D eigenvalue weighted by atomic mass is 10.1. The molecule has 0 atom stereocenters. The molecule has 2 heterocycles. The fraction of sp³-hybridized carbons (Fsp3) is 0.259. The number of esters is 1. The van der Waals surface area contributed by atoms with Gasteiger partial charge in [0.25, 0.3) is 11.5 Å². The van der Waals surface area contributed by atoms with Gasteiger partial charge in [-0.15, -0.1) is 11.3 Å². The molecule has 0 radical (unpaired) electrons. The molecule has 0 spiro atoms. The third kappa shape index (κ3) is 5.34. The number of anilines is 1. The summed E-state index contributed by atoms with van der Waals surface area (Å²) in [5.41, 5.74) is 1.35. The van der Waals surface area contributed by atoms with E-state index in [2.05, 4.69) is 10.4 Å². The van der Waals surface area contributed by atoms with Crippen LogP contribution < -0.4 is 20.3 Å². The van der Waals surface area contributed by atoms with Crippen LogP contribution in [0.1, 0.15) is 47.2 Å². The highest BCUT2D eigenvalue weighted by Gasteiger charge is 2.23. The molecule has 192 valence electrons. The van der Waals surface area contributed by atoms with Crippen LogP contribution in [-0.4, -0.2) is 41.5 Å². The summed E-state index contributed by atoms with van der Waals surface area (Å²) in [6, 6.07) is 12.0. The number of carbonyl (C=O) groups is 2. The van der Waals surface area contributed by atoms with Gasteiger partial charge in [0.05, 0.1) is 30.9 Å². The molecule has 2 aromatic carbocycles. The second-order valence-electron chi connectivity index (χ2n) is 7.96. The highest BCUT2D eigenvalue weighted by molar-refractivity contribution is 7.16. The number of carbonyl (C=O) groups excluding carboxylic acids is 2. The largest absolute Gasteiger partial charge is 0.490 e. The van der Waals surface area contributed by atoms with Gasteiger partial charge >= 0.3 is 5.97 Å². The van der Waals surface area contributed by atoms with Crippen LogP contribution in [0, 0.1) is 6.92 Å². The molecule has 0 fully saturated rings. The molecule has 0 bridgehead atoms. The smallest absolute Gasteiger partial charge is 0.359 e. The number of hydrogen-bond donors (Lipinski definition) is 1. The first-order valence-corrected chi connectivity index (χ1v) is 12.8. The molecule has 1 amide bonds. The van der Waals surface area contributed by atoms with Gasteiger partial charge in [-0.2, -0.15) is 9.78 Å². The molecular formula is C27H27N3O6S. The molecule has 4 aromatic rings. The topological polar surface area (TPSA) is 109 Å². The number of ether oxygens (including phenoxy) is 3. The molecule has 0 aliphatic rings. The van der Waals surface area contributed by atoms with Crippen molar-refractivity contribution in [1.29, 1.82) is 0 Å². The van der Waals surface area contributed by atoms with E-state index < -0.39 is 17.4 Å². The summed E-state index contributed by atoms with van der Waals surface area (Å²) in [6.07, 6.45) is 0. The Morgan fingerprint density at radius 2 is 1.68 bits per heavy atom. The Morgan fingerprint density at radius 1 is 0.973 bits per heavy atom.